The van der Waals surface area contributed by atoms with Crippen molar-refractivity contribution in [1.29, 1.82) is 0 Å². The maximum absolute atomic E-state index is 12.2. The Hall–Kier alpha value is -1.18. The summed E-state index contributed by atoms with van der Waals surface area (Å²) in [4.78, 5) is 6.18. The standard InChI is InChI=1S/C12H22N4O2S/c1-12(2,16(4)5)9-15-19(17,18)10-6-7-14-11(8-10)13-3/h6-8,15H,9H2,1-5H3,(H,13,14). The molecule has 0 radical (unpaired) electrons. The number of pyridine rings is 1. The Labute approximate surface area is 115 Å². The summed E-state index contributed by atoms with van der Waals surface area (Å²) in [6.45, 7) is 4.28. The summed E-state index contributed by atoms with van der Waals surface area (Å²) in [6.07, 6.45) is 1.47. The number of likely N-dealkylation sites (N-methyl/N-ethyl adjacent to an activating group) is 1. The fraction of sp³-hybridized carbons (Fsp3) is 0.583. The zero-order valence-corrected chi connectivity index (χ0v) is 12.9. The minimum Gasteiger partial charge on any atom is -0.373 e. The second-order valence-electron chi connectivity index (χ2n) is 5.16. The van der Waals surface area contributed by atoms with Gasteiger partial charge in [0.05, 0.1) is 4.90 Å². The normalized spacial score (nSPS) is 12.7. The monoisotopic (exact) mass is 286 g/mol. The van der Waals surface area contributed by atoms with E-state index in [-0.39, 0.29) is 10.4 Å². The van der Waals surface area contributed by atoms with Crippen molar-refractivity contribution >= 4 is 15.8 Å². The lowest BCUT2D eigenvalue weighted by Gasteiger charge is -2.32. The number of anilines is 1. The molecule has 0 aliphatic carbocycles. The quantitative estimate of drug-likeness (QED) is 0.807. The van der Waals surface area contributed by atoms with Crippen molar-refractivity contribution in [2.45, 2.75) is 24.3 Å². The van der Waals surface area contributed by atoms with E-state index in [2.05, 4.69) is 15.0 Å². The van der Waals surface area contributed by atoms with Gasteiger partial charge in [-0.25, -0.2) is 18.1 Å². The van der Waals surface area contributed by atoms with Crippen LogP contribution in [0.4, 0.5) is 5.82 Å². The molecule has 7 heteroatoms. The van der Waals surface area contributed by atoms with E-state index >= 15 is 0 Å². The van der Waals surface area contributed by atoms with Crippen molar-refractivity contribution in [3.63, 3.8) is 0 Å². The summed E-state index contributed by atoms with van der Waals surface area (Å²) in [5.74, 6) is 0.523. The van der Waals surface area contributed by atoms with E-state index in [1.807, 2.05) is 32.8 Å². The molecule has 1 heterocycles. The molecule has 108 valence electrons. The molecule has 0 fully saturated rings. The molecule has 0 unspecified atom stereocenters. The third-order valence-electron chi connectivity index (χ3n) is 3.20. The largest absolute Gasteiger partial charge is 0.373 e. The van der Waals surface area contributed by atoms with Gasteiger partial charge in [0.15, 0.2) is 0 Å². The van der Waals surface area contributed by atoms with Gasteiger partial charge in [0.1, 0.15) is 5.82 Å². The number of aromatic nitrogens is 1. The van der Waals surface area contributed by atoms with E-state index in [0.717, 1.165) is 0 Å². The molecule has 0 bridgehead atoms. The molecule has 6 nitrogen and oxygen atoms in total. The van der Waals surface area contributed by atoms with E-state index in [1.54, 1.807) is 7.05 Å². The molecule has 0 spiro atoms. The Morgan fingerprint density at radius 2 is 2.00 bits per heavy atom. The molecule has 1 aromatic rings. The lowest BCUT2D eigenvalue weighted by molar-refractivity contribution is 0.199. The first-order valence-electron chi connectivity index (χ1n) is 6.00. The highest BCUT2D eigenvalue weighted by molar-refractivity contribution is 7.89. The minimum absolute atomic E-state index is 0.210. The van der Waals surface area contributed by atoms with Crippen molar-refractivity contribution in [1.82, 2.24) is 14.6 Å². The van der Waals surface area contributed by atoms with E-state index in [9.17, 15) is 8.42 Å². The lowest BCUT2D eigenvalue weighted by Crippen LogP contribution is -2.48. The Kier molecular flexibility index (Phi) is 4.89. The predicted octanol–water partition coefficient (Wildman–Crippen LogP) is 0.742. The van der Waals surface area contributed by atoms with Gasteiger partial charge in [-0.05, 0) is 34.0 Å². The zero-order chi connectivity index (χ0) is 14.7. The third kappa shape index (κ3) is 4.15. The molecule has 0 aliphatic heterocycles. The highest BCUT2D eigenvalue weighted by Crippen LogP contribution is 2.14. The van der Waals surface area contributed by atoms with Gasteiger partial charge < -0.3 is 10.2 Å². The summed E-state index contributed by atoms with van der Waals surface area (Å²) in [6, 6.07) is 2.98. The van der Waals surface area contributed by atoms with Crippen LogP contribution >= 0.6 is 0 Å². The molecule has 0 amide bonds. The van der Waals surface area contributed by atoms with Gasteiger partial charge in [0.2, 0.25) is 10.0 Å². The maximum Gasteiger partial charge on any atom is 0.240 e. The number of hydrogen-bond donors (Lipinski definition) is 2. The summed E-state index contributed by atoms with van der Waals surface area (Å²) < 4.78 is 27.0. The molecule has 1 aromatic heterocycles. The predicted molar refractivity (Wildman–Crippen MR) is 76.7 cm³/mol. The van der Waals surface area contributed by atoms with Crippen LogP contribution in [-0.4, -0.2) is 51.5 Å². The summed E-state index contributed by atoms with van der Waals surface area (Å²) in [5, 5.41) is 2.82. The Morgan fingerprint density at radius 1 is 1.37 bits per heavy atom. The van der Waals surface area contributed by atoms with Crippen LogP contribution in [0.15, 0.2) is 23.2 Å². The van der Waals surface area contributed by atoms with Gasteiger partial charge >= 0.3 is 0 Å². The Balaban J connectivity index is 2.87. The fourth-order valence-electron chi connectivity index (χ4n) is 1.23. The van der Waals surface area contributed by atoms with Gasteiger partial charge in [0, 0.05) is 31.4 Å². The Bertz CT molecular complexity index is 526. The molecule has 0 atom stereocenters. The Morgan fingerprint density at radius 3 is 2.53 bits per heavy atom. The van der Waals surface area contributed by atoms with Crippen molar-refractivity contribution < 1.29 is 8.42 Å². The maximum atomic E-state index is 12.2. The first-order valence-corrected chi connectivity index (χ1v) is 7.48. The number of hydrogen-bond acceptors (Lipinski definition) is 5. The first kappa shape index (κ1) is 15.9. The van der Waals surface area contributed by atoms with Crippen LogP contribution in [0.2, 0.25) is 0 Å². The smallest absolute Gasteiger partial charge is 0.240 e. The van der Waals surface area contributed by atoms with Crippen LogP contribution in [0.5, 0.6) is 0 Å². The van der Waals surface area contributed by atoms with Crippen LogP contribution < -0.4 is 10.0 Å². The summed E-state index contributed by atoms with van der Waals surface area (Å²) in [5.41, 5.74) is -0.258. The molecule has 19 heavy (non-hydrogen) atoms. The van der Waals surface area contributed by atoms with Crippen LogP contribution in [0, 0.1) is 0 Å². The molecule has 0 saturated heterocycles. The SMILES string of the molecule is CNc1cc(S(=O)(=O)NCC(C)(C)N(C)C)ccn1. The van der Waals surface area contributed by atoms with Gasteiger partial charge in [-0.1, -0.05) is 0 Å². The minimum atomic E-state index is -3.52. The highest BCUT2D eigenvalue weighted by Gasteiger charge is 2.24. The molecular weight excluding hydrogens is 264 g/mol. The number of nitrogens with zero attached hydrogens (tertiary/aromatic N) is 2. The van der Waals surface area contributed by atoms with E-state index in [1.165, 1.54) is 18.3 Å². The molecule has 2 N–H and O–H groups in total. The van der Waals surface area contributed by atoms with Gasteiger partial charge in [-0.2, -0.15) is 0 Å². The fourth-order valence-corrected chi connectivity index (χ4v) is 2.44. The molecule has 0 aromatic carbocycles. The van der Waals surface area contributed by atoms with Crippen molar-refractivity contribution in [2.24, 2.45) is 0 Å². The summed E-state index contributed by atoms with van der Waals surface area (Å²) in [7, 11) is 2.01. The molecule has 0 aliphatic rings. The van der Waals surface area contributed by atoms with Gasteiger partial charge in [-0.15, -0.1) is 0 Å². The van der Waals surface area contributed by atoms with Crippen molar-refractivity contribution in [3.8, 4) is 0 Å². The van der Waals surface area contributed by atoms with Crippen LogP contribution in [-0.2, 0) is 10.0 Å². The van der Waals surface area contributed by atoms with Crippen molar-refractivity contribution in [2.75, 3.05) is 33.0 Å². The molecule has 0 saturated carbocycles. The summed E-state index contributed by atoms with van der Waals surface area (Å²) >= 11 is 0. The number of sulfonamides is 1. The first-order chi connectivity index (χ1) is 8.69. The average Bonchev–Trinajstić information content (AvgIpc) is 2.36. The van der Waals surface area contributed by atoms with E-state index in [4.69, 9.17) is 0 Å². The lowest BCUT2D eigenvalue weighted by atomic mass is 10.1. The number of rotatable bonds is 6. The zero-order valence-electron chi connectivity index (χ0n) is 12.1. The van der Waals surface area contributed by atoms with Crippen LogP contribution in [0.25, 0.3) is 0 Å². The third-order valence-corrected chi connectivity index (χ3v) is 4.60. The van der Waals surface area contributed by atoms with Gasteiger partial charge in [0.25, 0.3) is 0 Å². The van der Waals surface area contributed by atoms with Gasteiger partial charge in [-0.3, -0.25) is 0 Å². The van der Waals surface area contributed by atoms with E-state index in [0.29, 0.717) is 12.4 Å². The van der Waals surface area contributed by atoms with Crippen molar-refractivity contribution in [3.05, 3.63) is 18.3 Å². The molecule has 1 rings (SSSR count). The highest BCUT2D eigenvalue weighted by atomic mass is 32.2. The molecular formula is C12H22N4O2S. The number of nitrogens with one attached hydrogen (secondary N) is 2. The van der Waals surface area contributed by atoms with E-state index < -0.39 is 10.0 Å². The van der Waals surface area contributed by atoms with Crippen LogP contribution in [0.3, 0.4) is 0 Å². The average molecular weight is 286 g/mol. The topological polar surface area (TPSA) is 74.3 Å². The van der Waals surface area contributed by atoms with Crippen LogP contribution in [0.1, 0.15) is 13.8 Å². The second-order valence-corrected chi connectivity index (χ2v) is 6.93. The second kappa shape index (κ2) is 5.85.